The number of benzene rings is 2. The third kappa shape index (κ3) is 2.65. The van der Waals surface area contributed by atoms with Gasteiger partial charge >= 0.3 is 0 Å². The van der Waals surface area contributed by atoms with E-state index in [1.807, 2.05) is 30.3 Å². The van der Waals surface area contributed by atoms with Gasteiger partial charge in [-0.1, -0.05) is 30.3 Å². The molecule has 2 aromatic carbocycles. The molecule has 1 saturated heterocycles. The highest BCUT2D eigenvalue weighted by Gasteiger charge is 2.36. The van der Waals surface area contributed by atoms with Crippen molar-refractivity contribution in [2.24, 2.45) is 0 Å². The molecule has 2 heterocycles. The summed E-state index contributed by atoms with van der Waals surface area (Å²) in [5, 5.41) is 0. The third-order valence-electron chi connectivity index (χ3n) is 4.51. The zero-order chi connectivity index (χ0) is 16.6. The van der Waals surface area contributed by atoms with Crippen molar-refractivity contribution in [2.45, 2.75) is 23.8 Å². The molecule has 0 spiro atoms. The number of sulfonamides is 1. The first-order valence-corrected chi connectivity index (χ1v) is 9.57. The second-order valence-electron chi connectivity index (χ2n) is 5.99. The van der Waals surface area contributed by atoms with Gasteiger partial charge in [0.1, 0.15) is 13.2 Å². The average Bonchev–Trinajstić information content (AvgIpc) is 3.13. The SMILES string of the molecule is O=S(=O)(c1ccc2c(c1)OCCO2)N1CCC[C@@H]1c1ccccc1. The molecule has 0 aromatic heterocycles. The van der Waals surface area contributed by atoms with Crippen molar-refractivity contribution >= 4 is 10.0 Å². The number of rotatable bonds is 3. The second-order valence-corrected chi connectivity index (χ2v) is 7.88. The van der Waals surface area contributed by atoms with Crippen molar-refractivity contribution in [3.8, 4) is 11.5 Å². The molecular weight excluding hydrogens is 326 g/mol. The molecule has 0 saturated carbocycles. The van der Waals surface area contributed by atoms with Crippen LogP contribution in [0, 0.1) is 0 Å². The summed E-state index contributed by atoms with van der Waals surface area (Å²) in [7, 11) is -3.57. The maximum Gasteiger partial charge on any atom is 0.243 e. The van der Waals surface area contributed by atoms with Gasteiger partial charge in [0.2, 0.25) is 10.0 Å². The van der Waals surface area contributed by atoms with Crippen LogP contribution in [0.4, 0.5) is 0 Å². The summed E-state index contributed by atoms with van der Waals surface area (Å²) in [4.78, 5) is 0.259. The van der Waals surface area contributed by atoms with E-state index in [4.69, 9.17) is 9.47 Å². The quantitative estimate of drug-likeness (QED) is 0.858. The van der Waals surface area contributed by atoms with E-state index in [1.165, 1.54) is 0 Å². The Labute approximate surface area is 141 Å². The molecule has 5 nitrogen and oxygen atoms in total. The Morgan fingerprint density at radius 1 is 0.958 bits per heavy atom. The Bertz CT molecular complexity index is 835. The molecule has 126 valence electrons. The van der Waals surface area contributed by atoms with Crippen LogP contribution in [0.2, 0.25) is 0 Å². The van der Waals surface area contributed by atoms with Gasteiger partial charge in [0.25, 0.3) is 0 Å². The number of nitrogens with zero attached hydrogens (tertiary/aromatic N) is 1. The summed E-state index contributed by atoms with van der Waals surface area (Å²) in [6.07, 6.45) is 1.71. The van der Waals surface area contributed by atoms with Crippen molar-refractivity contribution in [3.05, 3.63) is 54.1 Å². The Hall–Kier alpha value is -2.05. The van der Waals surface area contributed by atoms with Crippen LogP contribution in [0.25, 0.3) is 0 Å². The standard InChI is InChI=1S/C18H19NO4S/c20-24(21,15-8-9-17-18(13-15)23-12-11-22-17)19-10-4-7-16(19)14-5-2-1-3-6-14/h1-3,5-6,8-9,13,16H,4,7,10-12H2/t16-/m1/s1. The van der Waals surface area contributed by atoms with E-state index in [2.05, 4.69) is 0 Å². The molecule has 1 fully saturated rings. The summed E-state index contributed by atoms with van der Waals surface area (Å²) >= 11 is 0. The van der Waals surface area contributed by atoms with Gasteiger partial charge in [0.05, 0.1) is 10.9 Å². The summed E-state index contributed by atoms with van der Waals surface area (Å²) in [6, 6.07) is 14.6. The first-order valence-electron chi connectivity index (χ1n) is 8.13. The number of hydrogen-bond donors (Lipinski definition) is 0. The average molecular weight is 345 g/mol. The number of ether oxygens (including phenoxy) is 2. The van der Waals surface area contributed by atoms with Crippen molar-refractivity contribution < 1.29 is 17.9 Å². The molecule has 1 atom stereocenters. The topological polar surface area (TPSA) is 55.8 Å². The van der Waals surface area contributed by atoms with E-state index in [0.717, 1.165) is 18.4 Å². The number of hydrogen-bond acceptors (Lipinski definition) is 4. The number of fused-ring (bicyclic) bond motifs is 1. The van der Waals surface area contributed by atoms with Crippen LogP contribution in [0.5, 0.6) is 11.5 Å². The Kier molecular flexibility index (Phi) is 3.94. The molecular formula is C18H19NO4S. The van der Waals surface area contributed by atoms with E-state index in [9.17, 15) is 8.42 Å². The lowest BCUT2D eigenvalue weighted by atomic mass is 10.1. The third-order valence-corrected chi connectivity index (χ3v) is 6.41. The van der Waals surface area contributed by atoms with Gasteiger partial charge in [0.15, 0.2) is 11.5 Å². The van der Waals surface area contributed by atoms with Crippen molar-refractivity contribution in [2.75, 3.05) is 19.8 Å². The summed E-state index contributed by atoms with van der Waals surface area (Å²) in [5.41, 5.74) is 1.04. The van der Waals surface area contributed by atoms with Gasteiger partial charge in [-0.05, 0) is 30.5 Å². The van der Waals surface area contributed by atoms with E-state index < -0.39 is 10.0 Å². The molecule has 24 heavy (non-hydrogen) atoms. The van der Waals surface area contributed by atoms with Crippen LogP contribution in [-0.2, 0) is 10.0 Å². The molecule has 0 unspecified atom stereocenters. The van der Waals surface area contributed by atoms with E-state index >= 15 is 0 Å². The zero-order valence-electron chi connectivity index (χ0n) is 13.2. The smallest absolute Gasteiger partial charge is 0.243 e. The predicted molar refractivity (Wildman–Crippen MR) is 89.7 cm³/mol. The maximum atomic E-state index is 13.1. The lowest BCUT2D eigenvalue weighted by Gasteiger charge is -2.25. The van der Waals surface area contributed by atoms with Crippen LogP contribution in [0.3, 0.4) is 0 Å². The molecule has 2 aromatic rings. The first kappa shape index (κ1) is 15.5. The van der Waals surface area contributed by atoms with Crippen LogP contribution in [0.1, 0.15) is 24.4 Å². The molecule has 6 heteroatoms. The summed E-state index contributed by atoms with van der Waals surface area (Å²) < 4.78 is 38.9. The summed E-state index contributed by atoms with van der Waals surface area (Å²) in [6.45, 7) is 1.46. The van der Waals surface area contributed by atoms with Gasteiger partial charge in [-0.15, -0.1) is 0 Å². The molecule has 0 N–H and O–H groups in total. The van der Waals surface area contributed by atoms with Crippen LogP contribution < -0.4 is 9.47 Å². The van der Waals surface area contributed by atoms with Crippen LogP contribution >= 0.6 is 0 Å². The summed E-state index contributed by atoms with van der Waals surface area (Å²) in [5.74, 6) is 1.10. The van der Waals surface area contributed by atoms with E-state index in [-0.39, 0.29) is 10.9 Å². The largest absolute Gasteiger partial charge is 0.486 e. The highest BCUT2D eigenvalue weighted by Crippen LogP contribution is 2.39. The van der Waals surface area contributed by atoms with Gasteiger partial charge in [-0.25, -0.2) is 8.42 Å². The molecule has 2 aliphatic heterocycles. The normalized spacial score (nSPS) is 20.9. The fourth-order valence-corrected chi connectivity index (χ4v) is 5.05. The molecule has 0 amide bonds. The Balaban J connectivity index is 1.69. The zero-order valence-corrected chi connectivity index (χ0v) is 14.0. The van der Waals surface area contributed by atoms with Gasteiger partial charge in [-0.2, -0.15) is 4.31 Å². The molecule has 0 radical (unpaired) electrons. The lowest BCUT2D eigenvalue weighted by molar-refractivity contribution is 0.171. The van der Waals surface area contributed by atoms with Crippen LogP contribution in [-0.4, -0.2) is 32.5 Å². The Morgan fingerprint density at radius 3 is 2.50 bits per heavy atom. The monoisotopic (exact) mass is 345 g/mol. The minimum absolute atomic E-state index is 0.107. The second kappa shape index (κ2) is 6.11. The Morgan fingerprint density at radius 2 is 1.71 bits per heavy atom. The predicted octanol–water partition coefficient (Wildman–Crippen LogP) is 2.98. The van der Waals surface area contributed by atoms with Crippen molar-refractivity contribution in [1.82, 2.24) is 4.31 Å². The lowest BCUT2D eigenvalue weighted by Crippen LogP contribution is -2.30. The highest BCUT2D eigenvalue weighted by molar-refractivity contribution is 7.89. The molecule has 2 aliphatic rings. The highest BCUT2D eigenvalue weighted by atomic mass is 32.2. The molecule has 4 rings (SSSR count). The molecule has 0 bridgehead atoms. The van der Waals surface area contributed by atoms with E-state index in [1.54, 1.807) is 22.5 Å². The van der Waals surface area contributed by atoms with Gasteiger partial charge in [0, 0.05) is 12.6 Å². The fourth-order valence-electron chi connectivity index (χ4n) is 3.36. The maximum absolute atomic E-state index is 13.1. The van der Waals surface area contributed by atoms with Gasteiger partial charge < -0.3 is 9.47 Å². The van der Waals surface area contributed by atoms with E-state index in [0.29, 0.717) is 31.3 Å². The van der Waals surface area contributed by atoms with Gasteiger partial charge in [-0.3, -0.25) is 0 Å². The molecule has 0 aliphatic carbocycles. The minimum Gasteiger partial charge on any atom is -0.486 e. The first-order chi connectivity index (χ1) is 11.7. The van der Waals surface area contributed by atoms with Crippen molar-refractivity contribution in [3.63, 3.8) is 0 Å². The van der Waals surface area contributed by atoms with Crippen molar-refractivity contribution in [1.29, 1.82) is 0 Å². The minimum atomic E-state index is -3.57. The van der Waals surface area contributed by atoms with Crippen LogP contribution in [0.15, 0.2) is 53.4 Å². The fraction of sp³-hybridized carbons (Fsp3) is 0.333.